The van der Waals surface area contributed by atoms with Gasteiger partial charge in [-0.15, -0.1) is 22.9 Å². The molecular weight excluding hydrogens is 206 g/mol. The first kappa shape index (κ1) is 10.1. The molecule has 13 heavy (non-hydrogen) atoms. The molecule has 0 fully saturated rings. The minimum absolute atomic E-state index is 0.0844. The third-order valence-corrected chi connectivity index (χ3v) is 2.28. The number of halogens is 1. The highest BCUT2D eigenvalue weighted by atomic mass is 35.5. The van der Waals surface area contributed by atoms with E-state index in [1.807, 2.05) is 11.4 Å². The minimum Gasteiger partial charge on any atom is -0.340 e. The molecule has 2 nitrogen and oxygen atoms in total. The third-order valence-electron chi connectivity index (χ3n) is 1.27. The van der Waals surface area contributed by atoms with Gasteiger partial charge >= 0.3 is 0 Å². The van der Waals surface area contributed by atoms with Crippen molar-refractivity contribution < 1.29 is 4.79 Å². The van der Waals surface area contributed by atoms with Crippen LogP contribution in [0, 0.1) is 11.8 Å². The van der Waals surface area contributed by atoms with Gasteiger partial charge in [0.15, 0.2) is 0 Å². The Morgan fingerprint density at radius 2 is 2.46 bits per heavy atom. The first-order valence-corrected chi connectivity index (χ1v) is 5.09. The van der Waals surface area contributed by atoms with E-state index in [2.05, 4.69) is 17.2 Å². The van der Waals surface area contributed by atoms with Crippen LogP contribution in [0.3, 0.4) is 0 Å². The second kappa shape index (κ2) is 5.63. The molecule has 1 aromatic rings. The fraction of sp³-hybridized carbons (Fsp3) is 0.222. The molecule has 0 aromatic carbocycles. The standard InChI is InChI=1S/C9H8ClNOS/c10-5-1-2-6-11-9(12)8-4-3-7-13-8/h3-4,7H,5-6H2,(H,11,12). The molecule has 0 bridgehead atoms. The Hall–Kier alpha value is -0.980. The van der Waals surface area contributed by atoms with Crippen molar-refractivity contribution in [3.8, 4) is 11.8 Å². The Labute approximate surface area is 85.9 Å². The van der Waals surface area contributed by atoms with Gasteiger partial charge in [0, 0.05) is 0 Å². The summed E-state index contributed by atoms with van der Waals surface area (Å²) in [6.07, 6.45) is 0. The predicted molar refractivity (Wildman–Crippen MR) is 55.1 cm³/mol. The molecule has 0 unspecified atom stereocenters. The van der Waals surface area contributed by atoms with E-state index in [-0.39, 0.29) is 5.91 Å². The van der Waals surface area contributed by atoms with Crippen LogP contribution in [-0.4, -0.2) is 18.3 Å². The van der Waals surface area contributed by atoms with Crippen LogP contribution in [0.2, 0.25) is 0 Å². The highest BCUT2D eigenvalue weighted by Gasteiger charge is 2.02. The molecule has 1 rings (SSSR count). The van der Waals surface area contributed by atoms with Crippen LogP contribution in [0.25, 0.3) is 0 Å². The van der Waals surface area contributed by atoms with Gasteiger partial charge in [0.25, 0.3) is 5.91 Å². The van der Waals surface area contributed by atoms with Crippen molar-refractivity contribution in [2.24, 2.45) is 0 Å². The number of alkyl halides is 1. The smallest absolute Gasteiger partial charge is 0.262 e. The number of amides is 1. The number of thiophene rings is 1. The maximum absolute atomic E-state index is 11.3. The second-order valence-electron chi connectivity index (χ2n) is 2.15. The molecule has 0 radical (unpaired) electrons. The van der Waals surface area contributed by atoms with Crippen LogP contribution in [0.5, 0.6) is 0 Å². The maximum atomic E-state index is 11.3. The zero-order chi connectivity index (χ0) is 9.52. The monoisotopic (exact) mass is 213 g/mol. The molecule has 1 amide bonds. The minimum atomic E-state index is -0.0844. The normalized spacial score (nSPS) is 8.69. The van der Waals surface area contributed by atoms with Gasteiger partial charge in [0.2, 0.25) is 0 Å². The first-order valence-electron chi connectivity index (χ1n) is 3.68. The Kier molecular flexibility index (Phi) is 4.37. The van der Waals surface area contributed by atoms with Gasteiger partial charge < -0.3 is 5.32 Å². The Bertz CT molecular complexity index is 323. The fourth-order valence-electron chi connectivity index (χ4n) is 0.729. The Balaban J connectivity index is 2.35. The first-order chi connectivity index (χ1) is 6.34. The van der Waals surface area contributed by atoms with Crippen LogP contribution in [-0.2, 0) is 0 Å². The summed E-state index contributed by atoms with van der Waals surface area (Å²) in [5.41, 5.74) is 0. The molecule has 68 valence electrons. The van der Waals surface area contributed by atoms with Crippen LogP contribution < -0.4 is 5.32 Å². The van der Waals surface area contributed by atoms with Gasteiger partial charge in [-0.3, -0.25) is 4.79 Å². The van der Waals surface area contributed by atoms with E-state index in [9.17, 15) is 4.79 Å². The summed E-state index contributed by atoms with van der Waals surface area (Å²) >= 11 is 6.74. The molecule has 1 N–H and O–H groups in total. The lowest BCUT2D eigenvalue weighted by Gasteiger charge is -1.95. The van der Waals surface area contributed by atoms with Gasteiger partial charge in [-0.1, -0.05) is 17.9 Å². The van der Waals surface area contributed by atoms with E-state index in [1.54, 1.807) is 6.07 Å². The molecule has 0 saturated carbocycles. The molecule has 0 spiro atoms. The SMILES string of the molecule is O=C(NCC#CCCl)c1cccs1. The topological polar surface area (TPSA) is 29.1 Å². The number of carbonyl (C=O) groups excluding carboxylic acids is 1. The van der Waals surface area contributed by atoms with Gasteiger partial charge in [0.1, 0.15) is 0 Å². The quantitative estimate of drug-likeness (QED) is 0.588. The van der Waals surface area contributed by atoms with Crippen molar-refractivity contribution in [2.75, 3.05) is 12.4 Å². The molecule has 0 aliphatic heterocycles. The van der Waals surface area contributed by atoms with E-state index in [4.69, 9.17) is 11.6 Å². The van der Waals surface area contributed by atoms with Crippen LogP contribution in [0.15, 0.2) is 17.5 Å². The van der Waals surface area contributed by atoms with Gasteiger partial charge in [-0.25, -0.2) is 0 Å². The molecule has 1 heterocycles. The largest absolute Gasteiger partial charge is 0.340 e. The summed E-state index contributed by atoms with van der Waals surface area (Å²) in [6.45, 7) is 0.351. The zero-order valence-corrected chi connectivity index (χ0v) is 8.41. The van der Waals surface area contributed by atoms with Crippen molar-refractivity contribution in [3.63, 3.8) is 0 Å². The van der Waals surface area contributed by atoms with E-state index in [1.165, 1.54) is 11.3 Å². The van der Waals surface area contributed by atoms with E-state index in [0.29, 0.717) is 17.3 Å². The third kappa shape index (κ3) is 3.49. The average Bonchev–Trinajstić information content (AvgIpc) is 2.65. The predicted octanol–water partition coefficient (Wildman–Crippen LogP) is 1.72. The molecular formula is C9H8ClNOS. The van der Waals surface area contributed by atoms with Crippen LogP contribution in [0.4, 0.5) is 0 Å². The van der Waals surface area contributed by atoms with Crippen molar-refractivity contribution in [2.45, 2.75) is 0 Å². The number of carbonyl (C=O) groups is 1. The molecule has 0 aliphatic carbocycles. The lowest BCUT2D eigenvalue weighted by Crippen LogP contribution is -2.22. The lowest BCUT2D eigenvalue weighted by molar-refractivity contribution is 0.0963. The average molecular weight is 214 g/mol. The van der Waals surface area contributed by atoms with E-state index < -0.39 is 0 Å². The summed E-state index contributed by atoms with van der Waals surface area (Å²) in [5.74, 6) is 5.59. The highest BCUT2D eigenvalue weighted by molar-refractivity contribution is 7.12. The van der Waals surface area contributed by atoms with Gasteiger partial charge in [-0.2, -0.15) is 0 Å². The van der Waals surface area contributed by atoms with Crippen molar-refractivity contribution in [1.82, 2.24) is 5.32 Å². The summed E-state index contributed by atoms with van der Waals surface area (Å²) in [6, 6.07) is 3.61. The molecule has 1 aromatic heterocycles. The lowest BCUT2D eigenvalue weighted by atomic mass is 10.4. The Morgan fingerprint density at radius 1 is 1.62 bits per heavy atom. The van der Waals surface area contributed by atoms with E-state index in [0.717, 1.165) is 0 Å². The summed E-state index contributed by atoms with van der Waals surface area (Å²) in [5, 5.41) is 4.52. The van der Waals surface area contributed by atoms with Crippen molar-refractivity contribution in [3.05, 3.63) is 22.4 Å². The molecule has 0 aliphatic rings. The van der Waals surface area contributed by atoms with E-state index >= 15 is 0 Å². The molecule has 0 atom stereocenters. The van der Waals surface area contributed by atoms with Crippen molar-refractivity contribution in [1.29, 1.82) is 0 Å². The number of hydrogen-bond acceptors (Lipinski definition) is 2. The van der Waals surface area contributed by atoms with Gasteiger partial charge in [-0.05, 0) is 11.4 Å². The summed E-state index contributed by atoms with van der Waals surface area (Å²) in [7, 11) is 0. The zero-order valence-electron chi connectivity index (χ0n) is 6.84. The van der Waals surface area contributed by atoms with Crippen LogP contribution in [0.1, 0.15) is 9.67 Å². The Morgan fingerprint density at radius 3 is 3.08 bits per heavy atom. The maximum Gasteiger partial charge on any atom is 0.262 e. The summed E-state index contributed by atoms with van der Waals surface area (Å²) < 4.78 is 0. The van der Waals surface area contributed by atoms with Crippen LogP contribution >= 0.6 is 22.9 Å². The van der Waals surface area contributed by atoms with Crippen molar-refractivity contribution >= 4 is 28.8 Å². The molecule has 0 saturated heterocycles. The van der Waals surface area contributed by atoms with Gasteiger partial charge in [0.05, 0.1) is 17.3 Å². The fourth-order valence-corrected chi connectivity index (χ4v) is 1.46. The number of rotatable bonds is 2. The second-order valence-corrected chi connectivity index (χ2v) is 3.36. The number of hydrogen-bond donors (Lipinski definition) is 1. The highest BCUT2D eigenvalue weighted by Crippen LogP contribution is 2.07. The summed E-state index contributed by atoms with van der Waals surface area (Å²) in [4.78, 5) is 12.0. The molecule has 4 heteroatoms. The number of nitrogens with one attached hydrogen (secondary N) is 1.